The van der Waals surface area contributed by atoms with Crippen LogP contribution in [0.1, 0.15) is 45.1 Å². The van der Waals surface area contributed by atoms with Gasteiger partial charge in [-0.25, -0.2) is 8.78 Å². The average Bonchev–Trinajstić information content (AvgIpc) is 2.87. The van der Waals surface area contributed by atoms with E-state index in [-0.39, 0.29) is 12.1 Å². The van der Waals surface area contributed by atoms with Crippen LogP contribution in [0.4, 0.5) is 8.78 Å². The highest BCUT2D eigenvalue weighted by atomic mass is 19.2. The van der Waals surface area contributed by atoms with Gasteiger partial charge in [-0.3, -0.25) is 0 Å². The van der Waals surface area contributed by atoms with Crippen molar-refractivity contribution >= 4 is 0 Å². The summed E-state index contributed by atoms with van der Waals surface area (Å²) in [5.74, 6) is -1.41. The summed E-state index contributed by atoms with van der Waals surface area (Å²) in [5.41, 5.74) is 3.89. The molecule has 1 aliphatic carbocycles. The van der Waals surface area contributed by atoms with E-state index in [1.807, 2.05) is 0 Å². The van der Waals surface area contributed by atoms with Crippen molar-refractivity contribution in [2.24, 2.45) is 17.1 Å². The molecule has 0 heterocycles. The Kier molecular flexibility index (Phi) is 4.17. The molecule has 3 atom stereocenters. The molecule has 1 aromatic carbocycles. The fraction of sp³-hybridized carbons (Fsp3) is 0.625. The zero-order valence-electron chi connectivity index (χ0n) is 12.1. The predicted molar refractivity (Wildman–Crippen MR) is 75.0 cm³/mol. The van der Waals surface area contributed by atoms with E-state index in [0.717, 1.165) is 31.7 Å². The largest absolute Gasteiger partial charge is 0.385 e. The summed E-state index contributed by atoms with van der Waals surface area (Å²) in [6, 6.07) is 3.95. The molecule has 20 heavy (non-hydrogen) atoms. The molecular formula is C16H23F2NO. The van der Waals surface area contributed by atoms with E-state index < -0.39 is 22.7 Å². The van der Waals surface area contributed by atoms with Crippen molar-refractivity contribution in [3.05, 3.63) is 35.4 Å². The maximum absolute atomic E-state index is 14.1. The van der Waals surface area contributed by atoms with Crippen LogP contribution in [0.25, 0.3) is 0 Å². The Morgan fingerprint density at radius 3 is 2.70 bits per heavy atom. The van der Waals surface area contributed by atoms with Gasteiger partial charge < -0.3 is 10.8 Å². The smallest absolute Gasteiger partial charge is 0.164 e. The summed E-state index contributed by atoms with van der Waals surface area (Å²) in [4.78, 5) is 0. The van der Waals surface area contributed by atoms with Crippen LogP contribution in [0, 0.1) is 23.0 Å². The number of halogens is 2. The third kappa shape index (κ3) is 2.25. The molecule has 0 aliphatic heterocycles. The number of aliphatic hydroxyl groups is 1. The molecule has 2 rings (SSSR count). The van der Waals surface area contributed by atoms with Gasteiger partial charge in [0.1, 0.15) is 0 Å². The van der Waals surface area contributed by atoms with Crippen LogP contribution in [0.3, 0.4) is 0 Å². The molecule has 1 aromatic rings. The van der Waals surface area contributed by atoms with Crippen LogP contribution in [0.15, 0.2) is 18.2 Å². The van der Waals surface area contributed by atoms with Crippen molar-refractivity contribution in [2.45, 2.75) is 45.1 Å². The molecule has 1 saturated carbocycles. The minimum atomic E-state index is -1.46. The first kappa shape index (κ1) is 15.4. The van der Waals surface area contributed by atoms with Crippen molar-refractivity contribution in [1.29, 1.82) is 0 Å². The SMILES string of the molecule is CCC1CCC(CN)(C(C)(O)c2cccc(F)c2F)C1. The summed E-state index contributed by atoms with van der Waals surface area (Å²) in [6.45, 7) is 3.94. The summed E-state index contributed by atoms with van der Waals surface area (Å²) < 4.78 is 27.5. The molecule has 1 fully saturated rings. The van der Waals surface area contributed by atoms with Crippen LogP contribution in [0.2, 0.25) is 0 Å². The molecule has 0 radical (unpaired) electrons. The van der Waals surface area contributed by atoms with Crippen LogP contribution in [-0.4, -0.2) is 11.7 Å². The number of hydrogen-bond donors (Lipinski definition) is 2. The lowest BCUT2D eigenvalue weighted by molar-refractivity contribution is -0.0742. The zero-order chi connectivity index (χ0) is 15.0. The lowest BCUT2D eigenvalue weighted by Gasteiger charge is -2.43. The van der Waals surface area contributed by atoms with Gasteiger partial charge in [0.15, 0.2) is 11.6 Å². The van der Waals surface area contributed by atoms with Crippen LogP contribution >= 0.6 is 0 Å². The molecule has 1 aliphatic rings. The fourth-order valence-corrected chi connectivity index (χ4v) is 3.58. The highest BCUT2D eigenvalue weighted by molar-refractivity contribution is 5.28. The van der Waals surface area contributed by atoms with E-state index in [4.69, 9.17) is 5.73 Å². The first-order valence-electron chi connectivity index (χ1n) is 7.25. The first-order valence-corrected chi connectivity index (χ1v) is 7.25. The Morgan fingerprint density at radius 1 is 1.45 bits per heavy atom. The van der Waals surface area contributed by atoms with E-state index in [2.05, 4.69) is 6.92 Å². The van der Waals surface area contributed by atoms with E-state index in [1.54, 1.807) is 6.92 Å². The van der Waals surface area contributed by atoms with Gasteiger partial charge in [-0.2, -0.15) is 0 Å². The minimum absolute atomic E-state index is 0.0136. The van der Waals surface area contributed by atoms with E-state index in [0.29, 0.717) is 5.92 Å². The molecule has 112 valence electrons. The molecular weight excluding hydrogens is 260 g/mol. The fourth-order valence-electron chi connectivity index (χ4n) is 3.58. The van der Waals surface area contributed by atoms with E-state index in [9.17, 15) is 13.9 Å². The van der Waals surface area contributed by atoms with Crippen molar-refractivity contribution in [1.82, 2.24) is 0 Å². The highest BCUT2D eigenvalue weighted by Crippen LogP contribution is 2.53. The van der Waals surface area contributed by atoms with Gasteiger partial charge in [0.2, 0.25) is 0 Å². The Balaban J connectivity index is 2.45. The molecule has 4 heteroatoms. The van der Waals surface area contributed by atoms with Crippen LogP contribution in [0.5, 0.6) is 0 Å². The van der Waals surface area contributed by atoms with Crippen molar-refractivity contribution in [3.8, 4) is 0 Å². The Labute approximate surface area is 119 Å². The number of hydrogen-bond acceptors (Lipinski definition) is 2. The second-order valence-corrected chi connectivity index (χ2v) is 6.18. The second kappa shape index (κ2) is 5.41. The van der Waals surface area contributed by atoms with Gasteiger partial charge in [-0.05, 0) is 38.2 Å². The Bertz CT molecular complexity index is 489. The predicted octanol–water partition coefficient (Wildman–Crippen LogP) is 3.33. The lowest BCUT2D eigenvalue weighted by Crippen LogP contribution is -2.47. The van der Waals surface area contributed by atoms with Crippen molar-refractivity contribution < 1.29 is 13.9 Å². The maximum Gasteiger partial charge on any atom is 0.164 e. The molecule has 0 saturated heterocycles. The van der Waals surface area contributed by atoms with Crippen molar-refractivity contribution in [3.63, 3.8) is 0 Å². The second-order valence-electron chi connectivity index (χ2n) is 6.18. The number of nitrogens with two attached hydrogens (primary N) is 1. The van der Waals surface area contributed by atoms with Gasteiger partial charge in [-0.1, -0.05) is 25.5 Å². The van der Waals surface area contributed by atoms with E-state index >= 15 is 0 Å². The number of rotatable bonds is 4. The van der Waals surface area contributed by atoms with Gasteiger partial charge in [0.25, 0.3) is 0 Å². The quantitative estimate of drug-likeness (QED) is 0.890. The van der Waals surface area contributed by atoms with Crippen LogP contribution in [-0.2, 0) is 5.60 Å². The first-order chi connectivity index (χ1) is 9.38. The van der Waals surface area contributed by atoms with Gasteiger partial charge in [-0.15, -0.1) is 0 Å². The minimum Gasteiger partial charge on any atom is -0.385 e. The van der Waals surface area contributed by atoms with Gasteiger partial charge >= 0.3 is 0 Å². The molecule has 3 N–H and O–H groups in total. The van der Waals surface area contributed by atoms with Gasteiger partial charge in [0.05, 0.1) is 5.60 Å². The molecule has 0 amide bonds. The zero-order valence-corrected chi connectivity index (χ0v) is 12.1. The van der Waals surface area contributed by atoms with Crippen LogP contribution < -0.4 is 5.73 Å². The van der Waals surface area contributed by atoms with Gasteiger partial charge in [0, 0.05) is 17.5 Å². The Morgan fingerprint density at radius 2 is 2.15 bits per heavy atom. The average molecular weight is 283 g/mol. The third-order valence-electron chi connectivity index (χ3n) is 5.19. The molecule has 0 aromatic heterocycles. The normalized spacial score (nSPS) is 29.4. The van der Waals surface area contributed by atoms with Crippen molar-refractivity contribution in [2.75, 3.05) is 6.54 Å². The topological polar surface area (TPSA) is 46.2 Å². The molecule has 0 bridgehead atoms. The maximum atomic E-state index is 14.1. The molecule has 3 unspecified atom stereocenters. The molecule has 2 nitrogen and oxygen atoms in total. The van der Waals surface area contributed by atoms with E-state index in [1.165, 1.54) is 12.1 Å². The Hall–Kier alpha value is -1.00. The lowest BCUT2D eigenvalue weighted by atomic mass is 9.67. The monoisotopic (exact) mass is 283 g/mol. The number of benzene rings is 1. The standard InChI is InChI=1S/C16H23F2NO/c1-3-11-7-8-16(9-11,10-19)15(2,20)12-5-4-6-13(17)14(12)18/h4-6,11,20H,3,7-10,19H2,1-2H3. The summed E-state index contributed by atoms with van der Waals surface area (Å²) in [6.07, 6.45) is 3.48. The molecule has 0 spiro atoms. The summed E-state index contributed by atoms with van der Waals surface area (Å²) >= 11 is 0. The summed E-state index contributed by atoms with van der Waals surface area (Å²) in [5, 5.41) is 11.0. The third-order valence-corrected chi connectivity index (χ3v) is 5.19. The summed E-state index contributed by atoms with van der Waals surface area (Å²) in [7, 11) is 0. The highest BCUT2D eigenvalue weighted by Gasteiger charge is 2.52.